The van der Waals surface area contributed by atoms with E-state index in [1.165, 1.54) is 0 Å². The second-order valence-corrected chi connectivity index (χ2v) is 3.84. The first-order valence-corrected chi connectivity index (χ1v) is 5.07. The predicted molar refractivity (Wildman–Crippen MR) is 56.9 cm³/mol. The molecule has 4 nitrogen and oxygen atoms in total. The highest BCUT2D eigenvalue weighted by atomic mass is 16.5. The fourth-order valence-corrected chi connectivity index (χ4v) is 1.06. The third kappa shape index (κ3) is 4.58. The minimum absolute atomic E-state index is 0.0669. The first-order chi connectivity index (χ1) is 6.52. The third-order valence-corrected chi connectivity index (χ3v) is 2.23. The van der Waals surface area contributed by atoms with E-state index in [4.69, 9.17) is 10.5 Å². The summed E-state index contributed by atoms with van der Waals surface area (Å²) in [5.74, 6) is 0.0685. The lowest BCUT2D eigenvalue weighted by atomic mass is 10.0. The molecule has 3 N–H and O–H groups in total. The smallest absolute Gasteiger partial charge is 0.237 e. The quantitative estimate of drug-likeness (QED) is 0.659. The van der Waals surface area contributed by atoms with Crippen LogP contribution in [-0.4, -0.2) is 31.7 Å². The van der Waals surface area contributed by atoms with Crippen LogP contribution in [0.2, 0.25) is 0 Å². The maximum absolute atomic E-state index is 11.5. The van der Waals surface area contributed by atoms with Crippen molar-refractivity contribution >= 4 is 5.91 Å². The van der Waals surface area contributed by atoms with Gasteiger partial charge in [0.25, 0.3) is 0 Å². The molecule has 0 heterocycles. The van der Waals surface area contributed by atoms with E-state index >= 15 is 0 Å². The molecule has 0 aliphatic heterocycles. The monoisotopic (exact) mass is 202 g/mol. The molecule has 14 heavy (non-hydrogen) atoms. The number of nitrogens with one attached hydrogen (secondary N) is 1. The van der Waals surface area contributed by atoms with Crippen molar-refractivity contribution in [3.63, 3.8) is 0 Å². The van der Waals surface area contributed by atoms with E-state index in [2.05, 4.69) is 5.32 Å². The lowest BCUT2D eigenvalue weighted by Gasteiger charge is -2.20. The van der Waals surface area contributed by atoms with Gasteiger partial charge in [0.15, 0.2) is 0 Å². The molecule has 0 fully saturated rings. The number of methoxy groups -OCH3 is 1. The molecule has 84 valence electrons. The van der Waals surface area contributed by atoms with E-state index in [1.54, 1.807) is 7.11 Å². The molecule has 1 amide bonds. The third-order valence-electron chi connectivity index (χ3n) is 2.23. The predicted octanol–water partition coefficient (Wildman–Crippen LogP) is 0.511. The molecule has 0 bridgehead atoms. The normalized spacial score (nSPS) is 15.3. The fourth-order valence-electron chi connectivity index (χ4n) is 1.06. The lowest BCUT2D eigenvalue weighted by molar-refractivity contribution is -0.124. The van der Waals surface area contributed by atoms with Gasteiger partial charge in [-0.3, -0.25) is 4.79 Å². The average Bonchev–Trinajstić information content (AvgIpc) is 2.15. The highest BCUT2D eigenvalue weighted by Crippen LogP contribution is 2.00. The van der Waals surface area contributed by atoms with E-state index < -0.39 is 6.04 Å². The van der Waals surface area contributed by atoms with E-state index in [-0.39, 0.29) is 17.9 Å². The Labute approximate surface area is 86.2 Å². The van der Waals surface area contributed by atoms with Gasteiger partial charge >= 0.3 is 0 Å². The van der Waals surface area contributed by atoms with Gasteiger partial charge in [-0.25, -0.2) is 0 Å². The molecule has 4 heteroatoms. The van der Waals surface area contributed by atoms with E-state index in [0.717, 1.165) is 6.42 Å². The van der Waals surface area contributed by atoms with Gasteiger partial charge < -0.3 is 15.8 Å². The number of rotatable bonds is 6. The Morgan fingerprint density at radius 3 is 2.43 bits per heavy atom. The molecule has 0 saturated carbocycles. The van der Waals surface area contributed by atoms with Gasteiger partial charge in [0.1, 0.15) is 0 Å². The van der Waals surface area contributed by atoms with Crippen molar-refractivity contribution < 1.29 is 9.53 Å². The van der Waals surface area contributed by atoms with Crippen molar-refractivity contribution in [2.45, 2.75) is 39.3 Å². The van der Waals surface area contributed by atoms with Crippen LogP contribution in [0.4, 0.5) is 0 Å². The minimum Gasteiger partial charge on any atom is -0.383 e. The fraction of sp³-hybridized carbons (Fsp3) is 0.900. The standard InChI is InChI=1S/C10H22N2O2/c1-5-8(6-14-4)12-10(13)9(11)7(2)3/h7-9H,5-6,11H2,1-4H3,(H,12,13). The van der Waals surface area contributed by atoms with Crippen LogP contribution in [0.3, 0.4) is 0 Å². The van der Waals surface area contributed by atoms with Gasteiger partial charge in [-0.05, 0) is 12.3 Å². The second-order valence-electron chi connectivity index (χ2n) is 3.84. The number of carbonyl (C=O) groups excluding carboxylic acids is 1. The summed E-state index contributed by atoms with van der Waals surface area (Å²) in [6, 6.07) is -0.363. The maximum atomic E-state index is 11.5. The number of nitrogens with two attached hydrogens (primary N) is 1. The highest BCUT2D eigenvalue weighted by Gasteiger charge is 2.19. The number of carbonyl (C=O) groups is 1. The SMILES string of the molecule is CCC(COC)NC(=O)C(N)C(C)C. The second kappa shape index (κ2) is 6.79. The molecule has 2 unspecified atom stereocenters. The van der Waals surface area contributed by atoms with Gasteiger partial charge in [-0.2, -0.15) is 0 Å². The molecule has 0 saturated heterocycles. The number of ether oxygens (including phenoxy) is 1. The summed E-state index contributed by atoms with van der Waals surface area (Å²) < 4.78 is 4.98. The first kappa shape index (κ1) is 13.4. The van der Waals surface area contributed by atoms with Crippen molar-refractivity contribution in [2.24, 2.45) is 11.7 Å². The first-order valence-electron chi connectivity index (χ1n) is 5.07. The molecule has 2 atom stereocenters. The molecule has 0 aromatic heterocycles. The molecule has 0 aliphatic carbocycles. The number of amides is 1. The molecule has 0 aliphatic rings. The Morgan fingerprint density at radius 1 is 1.50 bits per heavy atom. The molecule has 0 radical (unpaired) electrons. The van der Waals surface area contributed by atoms with Crippen LogP contribution in [0, 0.1) is 5.92 Å². The zero-order valence-corrected chi connectivity index (χ0v) is 9.54. The van der Waals surface area contributed by atoms with Gasteiger partial charge in [0.05, 0.1) is 18.7 Å². The number of hydrogen-bond donors (Lipinski definition) is 2. The van der Waals surface area contributed by atoms with Crippen molar-refractivity contribution in [3.8, 4) is 0 Å². The molecule has 0 spiro atoms. The van der Waals surface area contributed by atoms with Crippen molar-refractivity contribution in [2.75, 3.05) is 13.7 Å². The minimum atomic E-state index is -0.430. The molecule has 0 rings (SSSR count). The summed E-state index contributed by atoms with van der Waals surface area (Å²) in [5.41, 5.74) is 5.71. The van der Waals surface area contributed by atoms with Gasteiger partial charge in [-0.1, -0.05) is 20.8 Å². The maximum Gasteiger partial charge on any atom is 0.237 e. The summed E-state index contributed by atoms with van der Waals surface area (Å²) in [5, 5.41) is 2.86. The van der Waals surface area contributed by atoms with Crippen molar-refractivity contribution in [3.05, 3.63) is 0 Å². The van der Waals surface area contributed by atoms with Crippen molar-refractivity contribution in [1.82, 2.24) is 5.32 Å². The lowest BCUT2D eigenvalue weighted by Crippen LogP contribution is -2.48. The van der Waals surface area contributed by atoms with Crippen LogP contribution in [0.15, 0.2) is 0 Å². The molecular formula is C10H22N2O2. The van der Waals surface area contributed by atoms with Crippen LogP contribution >= 0.6 is 0 Å². The van der Waals surface area contributed by atoms with Crippen LogP contribution in [0.25, 0.3) is 0 Å². The summed E-state index contributed by atoms with van der Waals surface area (Å²) >= 11 is 0. The van der Waals surface area contributed by atoms with Crippen molar-refractivity contribution in [1.29, 1.82) is 0 Å². The summed E-state index contributed by atoms with van der Waals surface area (Å²) in [6.07, 6.45) is 0.852. The van der Waals surface area contributed by atoms with Crippen LogP contribution in [-0.2, 0) is 9.53 Å². The molecule has 0 aromatic carbocycles. The summed E-state index contributed by atoms with van der Waals surface area (Å²) in [6.45, 7) is 6.40. The molecular weight excluding hydrogens is 180 g/mol. The summed E-state index contributed by atoms with van der Waals surface area (Å²) in [7, 11) is 1.62. The van der Waals surface area contributed by atoms with Crippen LogP contribution < -0.4 is 11.1 Å². The zero-order chi connectivity index (χ0) is 11.1. The Bertz CT molecular complexity index is 172. The molecule has 0 aromatic rings. The van der Waals surface area contributed by atoms with Gasteiger partial charge in [0, 0.05) is 7.11 Å². The van der Waals surface area contributed by atoms with E-state index in [9.17, 15) is 4.79 Å². The Kier molecular flexibility index (Phi) is 6.49. The topological polar surface area (TPSA) is 64.3 Å². The number of hydrogen-bond acceptors (Lipinski definition) is 3. The van der Waals surface area contributed by atoms with E-state index in [0.29, 0.717) is 6.61 Å². The Hall–Kier alpha value is -0.610. The van der Waals surface area contributed by atoms with E-state index in [1.807, 2.05) is 20.8 Å². The van der Waals surface area contributed by atoms with Gasteiger partial charge in [-0.15, -0.1) is 0 Å². The largest absolute Gasteiger partial charge is 0.383 e. The zero-order valence-electron chi connectivity index (χ0n) is 9.54. The Morgan fingerprint density at radius 2 is 2.07 bits per heavy atom. The summed E-state index contributed by atoms with van der Waals surface area (Å²) in [4.78, 5) is 11.5. The Balaban J connectivity index is 4.01. The van der Waals surface area contributed by atoms with Crippen LogP contribution in [0.1, 0.15) is 27.2 Å². The average molecular weight is 202 g/mol. The van der Waals surface area contributed by atoms with Crippen LogP contribution in [0.5, 0.6) is 0 Å². The highest BCUT2D eigenvalue weighted by molar-refractivity contribution is 5.82. The van der Waals surface area contributed by atoms with Gasteiger partial charge in [0.2, 0.25) is 5.91 Å².